The molecule has 128 valence electrons. The van der Waals surface area contributed by atoms with Gasteiger partial charge in [0, 0.05) is 18.7 Å². The summed E-state index contributed by atoms with van der Waals surface area (Å²) < 4.78 is 23.9. The molecule has 4 nitrogen and oxygen atoms in total. The van der Waals surface area contributed by atoms with Crippen LogP contribution in [0.1, 0.15) is 29.8 Å². The highest BCUT2D eigenvalue weighted by Crippen LogP contribution is 2.28. The zero-order chi connectivity index (χ0) is 17.5. The Balaban J connectivity index is 2.17. The van der Waals surface area contributed by atoms with E-state index in [1.807, 2.05) is 32.0 Å². The molecule has 0 saturated heterocycles. The first kappa shape index (κ1) is 17.8. The van der Waals surface area contributed by atoms with E-state index in [0.717, 1.165) is 5.56 Å². The van der Waals surface area contributed by atoms with E-state index >= 15 is 0 Å². The summed E-state index contributed by atoms with van der Waals surface area (Å²) in [7, 11) is 1.59. The molecule has 0 aliphatic carbocycles. The van der Waals surface area contributed by atoms with Crippen LogP contribution in [0.5, 0.6) is 11.5 Å². The molecular formula is C19H22FNO3. The molecule has 0 radical (unpaired) electrons. The highest BCUT2D eigenvalue weighted by Gasteiger charge is 2.15. The van der Waals surface area contributed by atoms with E-state index in [1.54, 1.807) is 12.0 Å². The second-order valence-corrected chi connectivity index (χ2v) is 5.24. The monoisotopic (exact) mass is 331 g/mol. The largest absolute Gasteiger partial charge is 0.493 e. The summed E-state index contributed by atoms with van der Waals surface area (Å²) >= 11 is 0. The first-order chi connectivity index (χ1) is 11.6. The van der Waals surface area contributed by atoms with Crippen molar-refractivity contribution in [2.75, 3.05) is 20.3 Å². The van der Waals surface area contributed by atoms with Crippen molar-refractivity contribution in [3.05, 3.63) is 59.4 Å². The van der Waals surface area contributed by atoms with E-state index in [0.29, 0.717) is 36.8 Å². The van der Waals surface area contributed by atoms with Gasteiger partial charge in [0.2, 0.25) is 0 Å². The molecule has 0 bridgehead atoms. The van der Waals surface area contributed by atoms with Crippen LogP contribution in [-0.2, 0) is 6.54 Å². The highest BCUT2D eigenvalue weighted by atomic mass is 19.1. The van der Waals surface area contributed by atoms with Crippen molar-refractivity contribution in [1.82, 2.24) is 4.90 Å². The number of rotatable bonds is 7. The summed E-state index contributed by atoms with van der Waals surface area (Å²) in [6.45, 7) is 5.36. The van der Waals surface area contributed by atoms with Crippen LogP contribution < -0.4 is 9.47 Å². The van der Waals surface area contributed by atoms with Gasteiger partial charge in [-0.25, -0.2) is 4.39 Å². The fraction of sp³-hybridized carbons (Fsp3) is 0.316. The predicted molar refractivity (Wildman–Crippen MR) is 91.0 cm³/mol. The minimum atomic E-state index is -0.356. The fourth-order valence-corrected chi connectivity index (χ4v) is 2.41. The average molecular weight is 331 g/mol. The summed E-state index contributed by atoms with van der Waals surface area (Å²) in [5, 5.41) is 0. The Morgan fingerprint density at radius 3 is 2.38 bits per heavy atom. The summed E-state index contributed by atoms with van der Waals surface area (Å²) in [6.07, 6.45) is 0. The molecule has 0 aromatic heterocycles. The van der Waals surface area contributed by atoms with Crippen LogP contribution in [-0.4, -0.2) is 31.1 Å². The molecule has 0 aliphatic heterocycles. The third kappa shape index (κ3) is 4.25. The van der Waals surface area contributed by atoms with Crippen LogP contribution >= 0.6 is 0 Å². The lowest BCUT2D eigenvalue weighted by Crippen LogP contribution is -2.30. The molecule has 0 atom stereocenters. The van der Waals surface area contributed by atoms with Gasteiger partial charge in [-0.15, -0.1) is 0 Å². The van der Waals surface area contributed by atoms with Crippen molar-refractivity contribution in [3.8, 4) is 11.5 Å². The Morgan fingerprint density at radius 2 is 1.79 bits per heavy atom. The van der Waals surface area contributed by atoms with Crippen LogP contribution in [0.15, 0.2) is 42.5 Å². The van der Waals surface area contributed by atoms with Crippen LogP contribution in [0.25, 0.3) is 0 Å². The number of carbonyl (C=O) groups excluding carboxylic acids is 1. The minimum Gasteiger partial charge on any atom is -0.493 e. The molecule has 2 rings (SSSR count). The molecule has 1 amide bonds. The minimum absolute atomic E-state index is 0.134. The second kappa shape index (κ2) is 8.34. The van der Waals surface area contributed by atoms with E-state index in [4.69, 9.17) is 9.47 Å². The van der Waals surface area contributed by atoms with Crippen LogP contribution in [0.3, 0.4) is 0 Å². The van der Waals surface area contributed by atoms with Gasteiger partial charge < -0.3 is 14.4 Å². The summed E-state index contributed by atoms with van der Waals surface area (Å²) in [4.78, 5) is 14.3. The number of hydrogen-bond donors (Lipinski definition) is 0. The van der Waals surface area contributed by atoms with Crippen molar-refractivity contribution in [1.29, 1.82) is 0 Å². The maximum Gasteiger partial charge on any atom is 0.254 e. The lowest BCUT2D eigenvalue weighted by Gasteiger charge is -2.22. The van der Waals surface area contributed by atoms with Gasteiger partial charge in [0.25, 0.3) is 5.91 Å². The molecule has 2 aromatic rings. The molecule has 5 heteroatoms. The summed E-state index contributed by atoms with van der Waals surface area (Å²) in [5.41, 5.74) is 1.41. The number of nitrogens with zero attached hydrogens (tertiary/aromatic N) is 1. The molecule has 0 saturated carbocycles. The maximum absolute atomic E-state index is 13.0. The zero-order valence-corrected chi connectivity index (χ0v) is 14.2. The summed E-state index contributed by atoms with van der Waals surface area (Å²) in [6, 6.07) is 11.2. The number of halogens is 1. The molecule has 0 N–H and O–H groups in total. The number of benzene rings is 2. The Morgan fingerprint density at radius 1 is 1.08 bits per heavy atom. The smallest absolute Gasteiger partial charge is 0.254 e. The normalized spacial score (nSPS) is 10.3. The van der Waals surface area contributed by atoms with E-state index in [2.05, 4.69) is 0 Å². The van der Waals surface area contributed by atoms with Gasteiger partial charge in [-0.2, -0.15) is 0 Å². The molecule has 24 heavy (non-hydrogen) atoms. The highest BCUT2D eigenvalue weighted by molar-refractivity contribution is 5.94. The second-order valence-electron chi connectivity index (χ2n) is 5.24. The van der Waals surface area contributed by atoms with E-state index in [9.17, 15) is 9.18 Å². The van der Waals surface area contributed by atoms with Crippen LogP contribution in [0.4, 0.5) is 4.39 Å². The van der Waals surface area contributed by atoms with Gasteiger partial charge in [-0.1, -0.05) is 6.07 Å². The Hall–Kier alpha value is -2.56. The Kier molecular flexibility index (Phi) is 6.18. The van der Waals surface area contributed by atoms with Crippen LogP contribution in [0.2, 0.25) is 0 Å². The van der Waals surface area contributed by atoms with Gasteiger partial charge in [0.15, 0.2) is 11.5 Å². The van der Waals surface area contributed by atoms with Crippen molar-refractivity contribution in [3.63, 3.8) is 0 Å². The lowest BCUT2D eigenvalue weighted by atomic mass is 10.1. The number of carbonyl (C=O) groups is 1. The van der Waals surface area contributed by atoms with Crippen molar-refractivity contribution in [2.45, 2.75) is 20.4 Å². The van der Waals surface area contributed by atoms with Crippen LogP contribution in [0, 0.1) is 5.82 Å². The molecule has 0 spiro atoms. The van der Waals surface area contributed by atoms with Gasteiger partial charge >= 0.3 is 0 Å². The Bertz CT molecular complexity index is 686. The van der Waals surface area contributed by atoms with Crippen molar-refractivity contribution < 1.29 is 18.7 Å². The Labute approximate surface area is 141 Å². The first-order valence-electron chi connectivity index (χ1n) is 7.93. The van der Waals surface area contributed by atoms with Gasteiger partial charge in [0.1, 0.15) is 5.82 Å². The third-order valence-corrected chi connectivity index (χ3v) is 3.66. The molecule has 0 fully saturated rings. The topological polar surface area (TPSA) is 38.8 Å². The number of ether oxygens (including phenoxy) is 2. The lowest BCUT2D eigenvalue weighted by molar-refractivity contribution is 0.0752. The standard InChI is InChI=1S/C19H22FNO3/c1-4-21(19(22)15-7-9-16(20)10-8-15)13-14-6-11-17(24-5-2)18(12-14)23-3/h6-12H,4-5,13H2,1-3H3. The fourth-order valence-electron chi connectivity index (χ4n) is 2.41. The number of methoxy groups -OCH3 is 1. The van der Waals surface area contributed by atoms with Gasteiger partial charge in [-0.3, -0.25) is 4.79 Å². The van der Waals surface area contributed by atoms with E-state index < -0.39 is 0 Å². The maximum atomic E-state index is 13.0. The van der Waals surface area contributed by atoms with E-state index in [-0.39, 0.29) is 11.7 Å². The molecular weight excluding hydrogens is 309 g/mol. The van der Waals surface area contributed by atoms with Gasteiger partial charge in [0.05, 0.1) is 13.7 Å². The average Bonchev–Trinajstić information content (AvgIpc) is 2.61. The molecule has 2 aromatic carbocycles. The zero-order valence-electron chi connectivity index (χ0n) is 14.2. The molecule has 0 heterocycles. The van der Waals surface area contributed by atoms with Crippen molar-refractivity contribution >= 4 is 5.91 Å². The third-order valence-electron chi connectivity index (χ3n) is 3.66. The molecule has 0 aliphatic rings. The summed E-state index contributed by atoms with van der Waals surface area (Å²) in [5.74, 6) is 0.826. The SMILES string of the molecule is CCOc1ccc(CN(CC)C(=O)c2ccc(F)cc2)cc1OC. The predicted octanol–water partition coefficient (Wildman–Crippen LogP) is 3.90. The number of amides is 1. The first-order valence-corrected chi connectivity index (χ1v) is 7.93. The van der Waals surface area contributed by atoms with Crippen molar-refractivity contribution in [2.24, 2.45) is 0 Å². The van der Waals surface area contributed by atoms with Gasteiger partial charge in [-0.05, 0) is 55.8 Å². The number of hydrogen-bond acceptors (Lipinski definition) is 3. The van der Waals surface area contributed by atoms with E-state index in [1.165, 1.54) is 24.3 Å². The quantitative estimate of drug-likeness (QED) is 0.772. The molecule has 0 unspecified atom stereocenters.